The van der Waals surface area contributed by atoms with Crippen molar-refractivity contribution in [3.8, 4) is 0 Å². The number of amidine groups is 1. The van der Waals surface area contributed by atoms with Crippen molar-refractivity contribution in [2.75, 3.05) is 26.3 Å². The molecule has 0 aliphatic carbocycles. The van der Waals surface area contributed by atoms with Crippen LogP contribution < -0.4 is 5.32 Å². The van der Waals surface area contributed by atoms with Crippen LogP contribution in [0.4, 0.5) is 0 Å². The van der Waals surface area contributed by atoms with Crippen molar-refractivity contribution >= 4 is 5.84 Å². The number of unbranched alkanes of at least 4 members (excludes halogenated alkanes) is 7. The molecule has 0 amide bonds. The van der Waals surface area contributed by atoms with Crippen LogP contribution in [-0.4, -0.2) is 32.1 Å². The molecule has 3 nitrogen and oxygen atoms in total. The van der Waals surface area contributed by atoms with E-state index in [-0.39, 0.29) is 0 Å². The SMILES string of the molecule is CCOCCCCCCCCCCN=C1CCCCCCCCCCCN1. The summed E-state index contributed by atoms with van der Waals surface area (Å²) < 4.78 is 5.38. The Morgan fingerprint density at radius 2 is 1.26 bits per heavy atom. The summed E-state index contributed by atoms with van der Waals surface area (Å²) in [4.78, 5) is 4.90. The monoisotopic (exact) mass is 380 g/mol. The molecular formula is C24H48N2O. The largest absolute Gasteiger partial charge is 0.382 e. The number of hydrogen-bond donors (Lipinski definition) is 1. The van der Waals surface area contributed by atoms with Gasteiger partial charge in [0, 0.05) is 32.7 Å². The molecule has 1 heterocycles. The van der Waals surface area contributed by atoms with E-state index in [0.717, 1.165) is 26.3 Å². The highest BCUT2D eigenvalue weighted by Gasteiger charge is 2.01. The Hall–Kier alpha value is -0.570. The van der Waals surface area contributed by atoms with Gasteiger partial charge >= 0.3 is 0 Å². The van der Waals surface area contributed by atoms with Gasteiger partial charge in [-0.15, -0.1) is 0 Å². The lowest BCUT2D eigenvalue weighted by atomic mass is 10.1. The van der Waals surface area contributed by atoms with Gasteiger partial charge in [0.05, 0.1) is 5.84 Å². The lowest BCUT2D eigenvalue weighted by Gasteiger charge is -2.10. The summed E-state index contributed by atoms with van der Waals surface area (Å²) in [5, 5.41) is 3.64. The molecule has 0 spiro atoms. The van der Waals surface area contributed by atoms with E-state index in [0.29, 0.717) is 0 Å². The molecule has 0 aromatic rings. The molecule has 1 aliphatic rings. The van der Waals surface area contributed by atoms with Crippen molar-refractivity contribution in [1.29, 1.82) is 0 Å². The summed E-state index contributed by atoms with van der Waals surface area (Å²) >= 11 is 0. The minimum absolute atomic E-state index is 0.861. The number of rotatable bonds is 12. The van der Waals surface area contributed by atoms with Gasteiger partial charge in [0.25, 0.3) is 0 Å². The van der Waals surface area contributed by atoms with Crippen molar-refractivity contribution in [3.63, 3.8) is 0 Å². The van der Waals surface area contributed by atoms with Gasteiger partial charge in [-0.3, -0.25) is 4.99 Å². The number of nitrogens with one attached hydrogen (secondary N) is 1. The number of hydrogen-bond acceptors (Lipinski definition) is 2. The molecule has 1 saturated heterocycles. The lowest BCUT2D eigenvalue weighted by molar-refractivity contribution is 0.143. The van der Waals surface area contributed by atoms with Crippen LogP contribution in [0, 0.1) is 0 Å². The van der Waals surface area contributed by atoms with Crippen LogP contribution in [0.15, 0.2) is 4.99 Å². The molecule has 0 aromatic heterocycles. The number of nitrogens with zero attached hydrogens (tertiary/aromatic N) is 1. The zero-order valence-corrected chi connectivity index (χ0v) is 18.4. The molecule has 0 bridgehead atoms. The second kappa shape index (κ2) is 20.2. The van der Waals surface area contributed by atoms with Gasteiger partial charge in [-0.25, -0.2) is 0 Å². The molecule has 1 aliphatic heterocycles. The average molecular weight is 381 g/mol. The van der Waals surface area contributed by atoms with E-state index in [9.17, 15) is 0 Å². The molecule has 0 aromatic carbocycles. The first-order valence-electron chi connectivity index (χ1n) is 12.3. The standard InChI is InChI=1S/C24H48N2O/c1-2-27-23-19-15-11-7-6-10-14-18-22-26-24-20-16-12-8-4-3-5-9-13-17-21-25-24/h2-23H2,1H3,(H,25,26). The van der Waals surface area contributed by atoms with Crippen LogP contribution in [0.5, 0.6) is 0 Å². The predicted octanol–water partition coefficient (Wildman–Crippen LogP) is 7.05. The van der Waals surface area contributed by atoms with E-state index < -0.39 is 0 Å². The fourth-order valence-corrected chi connectivity index (χ4v) is 3.85. The molecule has 1 N–H and O–H groups in total. The minimum atomic E-state index is 0.861. The van der Waals surface area contributed by atoms with Gasteiger partial charge in [0.15, 0.2) is 0 Å². The van der Waals surface area contributed by atoms with E-state index in [4.69, 9.17) is 9.73 Å². The van der Waals surface area contributed by atoms with Gasteiger partial charge in [-0.1, -0.05) is 83.5 Å². The van der Waals surface area contributed by atoms with Crippen LogP contribution in [0.3, 0.4) is 0 Å². The average Bonchev–Trinajstić information content (AvgIpc) is 2.71. The van der Waals surface area contributed by atoms with Gasteiger partial charge < -0.3 is 10.1 Å². The third kappa shape index (κ3) is 17.3. The normalized spacial score (nSPS) is 19.1. The minimum Gasteiger partial charge on any atom is -0.382 e. The van der Waals surface area contributed by atoms with E-state index in [1.165, 1.54) is 121 Å². The predicted molar refractivity (Wildman–Crippen MR) is 120 cm³/mol. The first-order valence-corrected chi connectivity index (χ1v) is 12.3. The fourth-order valence-electron chi connectivity index (χ4n) is 3.85. The van der Waals surface area contributed by atoms with Crippen LogP contribution in [0.1, 0.15) is 122 Å². The maximum atomic E-state index is 5.38. The van der Waals surface area contributed by atoms with E-state index in [2.05, 4.69) is 12.2 Å². The van der Waals surface area contributed by atoms with Gasteiger partial charge in [0.1, 0.15) is 0 Å². The van der Waals surface area contributed by atoms with Crippen molar-refractivity contribution in [3.05, 3.63) is 0 Å². The molecule has 0 unspecified atom stereocenters. The highest BCUT2D eigenvalue weighted by Crippen LogP contribution is 2.12. The Kier molecular flexibility index (Phi) is 18.3. The van der Waals surface area contributed by atoms with Crippen molar-refractivity contribution in [1.82, 2.24) is 5.32 Å². The second-order valence-corrected chi connectivity index (χ2v) is 8.21. The molecule has 0 radical (unpaired) electrons. The molecule has 1 fully saturated rings. The fraction of sp³-hybridized carbons (Fsp3) is 0.958. The quantitative estimate of drug-likeness (QED) is 0.368. The highest BCUT2D eigenvalue weighted by molar-refractivity contribution is 5.82. The Morgan fingerprint density at radius 3 is 1.93 bits per heavy atom. The molecule has 0 saturated carbocycles. The first kappa shape index (κ1) is 24.5. The Labute approximate surface area is 170 Å². The van der Waals surface area contributed by atoms with Crippen LogP contribution in [-0.2, 0) is 4.74 Å². The summed E-state index contributed by atoms with van der Waals surface area (Å²) in [6.45, 7) is 6.04. The smallest absolute Gasteiger partial charge is 0.0963 e. The molecule has 3 heteroatoms. The molecule has 160 valence electrons. The van der Waals surface area contributed by atoms with E-state index >= 15 is 0 Å². The van der Waals surface area contributed by atoms with Gasteiger partial charge in [-0.2, -0.15) is 0 Å². The molecule has 0 atom stereocenters. The first-order chi connectivity index (χ1) is 13.4. The summed E-state index contributed by atoms with van der Waals surface area (Å²) in [5.41, 5.74) is 0. The van der Waals surface area contributed by atoms with E-state index in [1.54, 1.807) is 0 Å². The Morgan fingerprint density at radius 1 is 0.704 bits per heavy atom. The zero-order chi connectivity index (χ0) is 19.3. The van der Waals surface area contributed by atoms with Gasteiger partial charge in [0.2, 0.25) is 0 Å². The number of ether oxygens (including phenoxy) is 1. The number of aliphatic imine (C=N–C) groups is 1. The summed E-state index contributed by atoms with van der Waals surface area (Å²) in [6.07, 6.45) is 24.4. The molecule has 27 heavy (non-hydrogen) atoms. The van der Waals surface area contributed by atoms with Crippen molar-refractivity contribution in [2.45, 2.75) is 122 Å². The maximum absolute atomic E-state index is 5.38. The third-order valence-electron chi connectivity index (χ3n) is 5.62. The topological polar surface area (TPSA) is 33.6 Å². The molecular weight excluding hydrogens is 332 g/mol. The Balaban J connectivity index is 2.02. The van der Waals surface area contributed by atoms with Crippen LogP contribution in [0.2, 0.25) is 0 Å². The van der Waals surface area contributed by atoms with Crippen molar-refractivity contribution < 1.29 is 4.74 Å². The lowest BCUT2D eigenvalue weighted by Crippen LogP contribution is -2.25. The highest BCUT2D eigenvalue weighted by atomic mass is 16.5. The second-order valence-electron chi connectivity index (χ2n) is 8.21. The third-order valence-corrected chi connectivity index (χ3v) is 5.62. The summed E-state index contributed by atoms with van der Waals surface area (Å²) in [7, 11) is 0. The summed E-state index contributed by atoms with van der Waals surface area (Å²) in [5.74, 6) is 1.29. The molecule has 1 rings (SSSR count). The van der Waals surface area contributed by atoms with E-state index in [1.807, 2.05) is 0 Å². The van der Waals surface area contributed by atoms with Crippen LogP contribution >= 0.6 is 0 Å². The summed E-state index contributed by atoms with van der Waals surface area (Å²) in [6, 6.07) is 0. The zero-order valence-electron chi connectivity index (χ0n) is 18.4. The van der Waals surface area contributed by atoms with Gasteiger partial charge in [-0.05, 0) is 32.6 Å². The Bertz CT molecular complexity index is 314. The van der Waals surface area contributed by atoms with Crippen molar-refractivity contribution in [2.24, 2.45) is 4.99 Å². The maximum Gasteiger partial charge on any atom is 0.0963 e. The van der Waals surface area contributed by atoms with Crippen LogP contribution in [0.25, 0.3) is 0 Å².